The van der Waals surface area contributed by atoms with Crippen LogP contribution in [0, 0.1) is 0 Å². The highest BCUT2D eigenvalue weighted by molar-refractivity contribution is 7.91. The number of carbonyl (C=O) groups excluding carboxylic acids is 4. The molecule has 2 aliphatic rings. The van der Waals surface area contributed by atoms with E-state index in [-0.39, 0.29) is 32.0 Å². The maximum absolute atomic E-state index is 13.5. The molecule has 0 N–H and O–H groups in total. The minimum Gasteiger partial charge on any atom is -0.457 e. The Morgan fingerprint density at radius 3 is 0.800 bits per heavy atom. The lowest BCUT2D eigenvalue weighted by atomic mass is 10.1. The topological polar surface area (TPSA) is 158 Å². The maximum Gasteiger partial charge on any atom is 0.347 e. The third-order valence-corrected chi connectivity index (χ3v) is 12.3. The van der Waals surface area contributed by atoms with Gasteiger partial charge in [0, 0.05) is 0 Å². The van der Waals surface area contributed by atoms with Crippen LogP contribution in [0.1, 0.15) is 41.4 Å². The van der Waals surface area contributed by atoms with E-state index < -0.39 is 33.7 Å². The van der Waals surface area contributed by atoms with Crippen molar-refractivity contribution in [3.8, 4) is 68.2 Å². The zero-order valence-electron chi connectivity index (χ0n) is 33.6. The molecule has 0 unspecified atom stereocenters. The SMILES string of the molecule is O=C1OC(=O)c2cc(Oc3ccc(-c4ccc(Oc5ccc(S(=O)(=O)c6ccc(Oc7ccc(-c8ccc(Oc9ccc%10c(c9)C(=O)OC%10=O)cc8)cc7)cc6)cc5)cc4)cc3)ccc21. The highest BCUT2D eigenvalue weighted by Crippen LogP contribution is 2.34. The summed E-state index contributed by atoms with van der Waals surface area (Å²) in [5.74, 6) is 1.21. The molecule has 0 amide bonds. The Balaban J connectivity index is 0.718. The fourth-order valence-corrected chi connectivity index (χ4v) is 8.43. The van der Waals surface area contributed by atoms with Crippen molar-refractivity contribution in [1.82, 2.24) is 0 Å². The van der Waals surface area contributed by atoms with Gasteiger partial charge in [-0.25, -0.2) is 27.6 Å². The zero-order valence-corrected chi connectivity index (χ0v) is 34.4. The molecular weight excluding hydrogens is 849 g/mol. The summed E-state index contributed by atoms with van der Waals surface area (Å²) in [5, 5.41) is 0. The molecule has 0 spiro atoms. The fraction of sp³-hybridized carbons (Fsp3) is 0. The minimum absolute atomic E-state index is 0.109. The third-order valence-electron chi connectivity index (χ3n) is 10.5. The molecule has 2 aliphatic heterocycles. The van der Waals surface area contributed by atoms with E-state index in [1.54, 1.807) is 60.7 Å². The van der Waals surface area contributed by atoms with E-state index >= 15 is 0 Å². The van der Waals surface area contributed by atoms with Crippen LogP contribution in [-0.4, -0.2) is 32.3 Å². The van der Waals surface area contributed by atoms with Crippen LogP contribution in [0.3, 0.4) is 0 Å². The Morgan fingerprint density at radius 1 is 0.277 bits per heavy atom. The zero-order chi connectivity index (χ0) is 44.7. The van der Waals surface area contributed by atoms with Crippen molar-refractivity contribution in [3.63, 3.8) is 0 Å². The summed E-state index contributed by atoms with van der Waals surface area (Å²) in [6, 6.07) is 51.2. The van der Waals surface area contributed by atoms with Crippen molar-refractivity contribution in [2.45, 2.75) is 9.79 Å². The first kappa shape index (κ1) is 40.3. The van der Waals surface area contributed by atoms with Crippen LogP contribution in [0.4, 0.5) is 0 Å². The third kappa shape index (κ3) is 8.30. The van der Waals surface area contributed by atoms with Gasteiger partial charge in [0.15, 0.2) is 0 Å². The Bertz CT molecular complexity index is 3070. The molecule has 0 bridgehead atoms. The molecule has 0 aliphatic carbocycles. The van der Waals surface area contributed by atoms with Crippen molar-refractivity contribution >= 4 is 33.7 Å². The summed E-state index contributed by atoms with van der Waals surface area (Å²) in [4.78, 5) is 47.4. The molecule has 0 atom stereocenters. The minimum atomic E-state index is -3.84. The largest absolute Gasteiger partial charge is 0.457 e. The Labute approximate surface area is 370 Å². The number of hydrogen-bond acceptors (Lipinski definition) is 12. The standard InChI is InChI=1S/C52H30O12S/c53-49-45-27-21-41(29-47(45)51(55)63-49)61-37-13-5-33(6-14-37)31-1-9-35(10-2-31)59-39-17-23-43(24-18-39)65(57,58)44-25-19-40(20-26-44)60-36-11-3-32(4-12-36)34-7-15-38(16-8-34)62-42-22-28-46-48(30-42)52(56)64-50(46)54/h1-30H. The second-order valence-electron chi connectivity index (χ2n) is 14.7. The van der Waals surface area contributed by atoms with Gasteiger partial charge in [0.25, 0.3) is 0 Å². The number of cyclic esters (lactones) is 4. The smallest absolute Gasteiger partial charge is 0.347 e. The van der Waals surface area contributed by atoms with Crippen LogP contribution in [-0.2, 0) is 19.3 Å². The summed E-state index contributed by atoms with van der Waals surface area (Å²) >= 11 is 0. The van der Waals surface area contributed by atoms with E-state index in [4.69, 9.17) is 18.9 Å². The average molecular weight is 879 g/mol. The van der Waals surface area contributed by atoms with Gasteiger partial charge in [-0.05, 0) is 156 Å². The molecule has 65 heavy (non-hydrogen) atoms. The van der Waals surface area contributed by atoms with Crippen LogP contribution in [0.15, 0.2) is 192 Å². The van der Waals surface area contributed by atoms with E-state index in [0.29, 0.717) is 46.0 Å². The lowest BCUT2D eigenvalue weighted by Gasteiger charge is -2.11. The average Bonchev–Trinajstić information content (AvgIpc) is 3.78. The number of ether oxygens (including phenoxy) is 6. The van der Waals surface area contributed by atoms with Gasteiger partial charge in [0.2, 0.25) is 9.84 Å². The number of rotatable bonds is 12. The van der Waals surface area contributed by atoms with Gasteiger partial charge < -0.3 is 28.4 Å². The normalized spacial score (nSPS) is 12.8. The van der Waals surface area contributed by atoms with Crippen molar-refractivity contribution < 1.29 is 56.0 Å². The predicted octanol–water partition coefficient (Wildman–Crippen LogP) is 11.6. The van der Waals surface area contributed by atoms with Crippen molar-refractivity contribution in [3.05, 3.63) is 204 Å². The molecule has 0 radical (unpaired) electrons. The molecule has 10 rings (SSSR count). The second kappa shape index (κ2) is 16.5. The van der Waals surface area contributed by atoms with E-state index in [1.807, 2.05) is 72.8 Å². The van der Waals surface area contributed by atoms with Gasteiger partial charge in [0.05, 0.1) is 32.0 Å². The number of esters is 4. The number of fused-ring (bicyclic) bond motifs is 2. The van der Waals surface area contributed by atoms with Crippen LogP contribution in [0.5, 0.6) is 46.0 Å². The number of benzene rings is 8. The predicted molar refractivity (Wildman–Crippen MR) is 235 cm³/mol. The molecule has 8 aromatic rings. The number of carbonyl (C=O) groups is 4. The van der Waals surface area contributed by atoms with Gasteiger partial charge in [0.1, 0.15) is 46.0 Å². The van der Waals surface area contributed by atoms with Gasteiger partial charge in [-0.2, -0.15) is 0 Å². The lowest BCUT2D eigenvalue weighted by molar-refractivity contribution is 0.0425. The molecular formula is C52H30O12S. The first-order valence-corrected chi connectivity index (χ1v) is 21.4. The van der Waals surface area contributed by atoms with Gasteiger partial charge in [-0.3, -0.25) is 0 Å². The Morgan fingerprint density at radius 2 is 0.508 bits per heavy atom. The summed E-state index contributed by atoms with van der Waals surface area (Å²) in [7, 11) is -3.84. The molecule has 0 saturated carbocycles. The van der Waals surface area contributed by atoms with Gasteiger partial charge in [-0.15, -0.1) is 0 Å². The van der Waals surface area contributed by atoms with Crippen molar-refractivity contribution in [2.24, 2.45) is 0 Å². The first-order chi connectivity index (χ1) is 31.5. The molecule has 0 saturated heterocycles. The summed E-state index contributed by atoms with van der Waals surface area (Å²) in [6.45, 7) is 0. The first-order valence-electron chi connectivity index (χ1n) is 19.9. The highest BCUT2D eigenvalue weighted by Gasteiger charge is 2.31. The van der Waals surface area contributed by atoms with Crippen LogP contribution in [0.25, 0.3) is 22.3 Å². The van der Waals surface area contributed by atoms with Crippen LogP contribution < -0.4 is 18.9 Å². The van der Waals surface area contributed by atoms with E-state index in [2.05, 4.69) is 9.47 Å². The highest BCUT2D eigenvalue weighted by atomic mass is 32.2. The van der Waals surface area contributed by atoms with E-state index in [1.165, 1.54) is 48.5 Å². The Hall–Kier alpha value is -8.81. The molecule has 0 fully saturated rings. The van der Waals surface area contributed by atoms with Gasteiger partial charge in [-0.1, -0.05) is 48.5 Å². The number of sulfone groups is 1. The molecule has 13 heteroatoms. The van der Waals surface area contributed by atoms with Crippen molar-refractivity contribution in [2.75, 3.05) is 0 Å². The van der Waals surface area contributed by atoms with E-state index in [0.717, 1.165) is 22.3 Å². The summed E-state index contributed by atoms with van der Waals surface area (Å²) < 4.78 is 60.1. The van der Waals surface area contributed by atoms with Crippen LogP contribution >= 0.6 is 0 Å². The van der Waals surface area contributed by atoms with Crippen molar-refractivity contribution in [1.29, 1.82) is 0 Å². The monoisotopic (exact) mass is 878 g/mol. The lowest BCUT2D eigenvalue weighted by Crippen LogP contribution is -2.01. The maximum atomic E-state index is 13.5. The molecule has 0 aromatic heterocycles. The van der Waals surface area contributed by atoms with E-state index in [9.17, 15) is 27.6 Å². The fourth-order valence-electron chi connectivity index (χ4n) is 7.17. The molecule has 12 nitrogen and oxygen atoms in total. The Kier molecular flexibility index (Phi) is 10.2. The molecule has 2 heterocycles. The van der Waals surface area contributed by atoms with Crippen LogP contribution in [0.2, 0.25) is 0 Å². The molecule has 8 aromatic carbocycles. The quantitative estimate of drug-likeness (QED) is 0.0846. The summed E-state index contributed by atoms with van der Waals surface area (Å²) in [5.41, 5.74) is 4.48. The summed E-state index contributed by atoms with van der Waals surface area (Å²) in [6.07, 6.45) is 0. The number of hydrogen-bond donors (Lipinski definition) is 0. The van der Waals surface area contributed by atoms with Gasteiger partial charge >= 0.3 is 23.9 Å². The second-order valence-corrected chi connectivity index (χ2v) is 16.7. The molecule has 316 valence electrons.